The molecule has 0 spiro atoms. The van der Waals surface area contributed by atoms with Gasteiger partial charge in [0, 0.05) is 70.7 Å². The van der Waals surface area contributed by atoms with E-state index in [2.05, 4.69) is 0 Å². The maximum Gasteiger partial charge on any atom is 0.455 e. The molecule has 44 heavy (non-hydrogen) atoms. The predicted molar refractivity (Wildman–Crippen MR) is 161 cm³/mol. The maximum atomic E-state index is 13.8. The van der Waals surface area contributed by atoms with Crippen LogP contribution < -0.4 is 21.5 Å². The van der Waals surface area contributed by atoms with E-state index in [1.807, 2.05) is 91.0 Å². The van der Waals surface area contributed by atoms with Crippen LogP contribution in [0.5, 0.6) is 5.75 Å². The monoisotopic (exact) mass is 757 g/mol. The molecule has 0 fully saturated rings. The Morgan fingerprint density at radius 2 is 1.09 bits per heavy atom. The van der Waals surface area contributed by atoms with Gasteiger partial charge in [-0.25, -0.2) is 4.79 Å². The van der Waals surface area contributed by atoms with Crippen molar-refractivity contribution in [1.29, 1.82) is 0 Å². The van der Waals surface area contributed by atoms with Crippen LogP contribution in [0, 0.1) is 49.4 Å². The number of carbonyl (C=O) groups is 1. The van der Waals surface area contributed by atoms with Gasteiger partial charge in [0.25, 0.3) is 5.78 Å². The summed E-state index contributed by atoms with van der Waals surface area (Å²) in [6, 6.07) is 38.7. The van der Waals surface area contributed by atoms with Gasteiger partial charge in [0.05, 0.1) is 5.39 Å². The average Bonchev–Trinajstić information content (AvgIpc) is 3.01. The number of rotatable bonds is 4. The Labute approximate surface area is 290 Å². The van der Waals surface area contributed by atoms with Crippen molar-refractivity contribution in [2.75, 3.05) is 0 Å². The molecule has 0 saturated heterocycles. The number of fused-ring (bicyclic) bond motifs is 3. The molecule has 5 aromatic carbocycles. The van der Waals surface area contributed by atoms with Gasteiger partial charge in [-0.15, -0.1) is 0 Å². The van der Waals surface area contributed by atoms with Gasteiger partial charge in [0.1, 0.15) is 11.3 Å². The number of benzene rings is 5. The zero-order chi connectivity index (χ0) is 29.9. The molecular formula is C33H24EuF3O6P. The van der Waals surface area contributed by atoms with Crippen molar-refractivity contribution >= 4 is 50.6 Å². The van der Waals surface area contributed by atoms with Crippen LogP contribution in [0.25, 0.3) is 21.7 Å². The van der Waals surface area contributed by atoms with Crippen molar-refractivity contribution < 1.29 is 86.9 Å². The SMILES string of the molecule is O.O=C(c1c(O)c2ccc3ccccc3c2oc1=O)C(F)(F)F.O=P(c1ccccc1)(c1ccccc1)c1ccccc1.[Eu]. The van der Waals surface area contributed by atoms with Gasteiger partial charge in [-0.2, -0.15) is 13.2 Å². The number of alkyl halides is 3. The van der Waals surface area contributed by atoms with Crippen LogP contribution in [-0.4, -0.2) is 22.5 Å². The van der Waals surface area contributed by atoms with Crippen LogP contribution in [0.15, 0.2) is 137 Å². The van der Waals surface area contributed by atoms with E-state index in [0.29, 0.717) is 10.8 Å². The first-order valence-electron chi connectivity index (χ1n) is 12.7. The van der Waals surface area contributed by atoms with Gasteiger partial charge in [0.15, 0.2) is 12.7 Å². The molecule has 1 radical (unpaired) electrons. The van der Waals surface area contributed by atoms with Gasteiger partial charge in [-0.1, -0.05) is 121 Å². The minimum Gasteiger partial charge on any atom is -0.506 e. The number of aromatic hydroxyl groups is 1. The third-order valence-electron chi connectivity index (χ3n) is 6.61. The summed E-state index contributed by atoms with van der Waals surface area (Å²) >= 11 is 0. The first kappa shape index (κ1) is 35.1. The van der Waals surface area contributed by atoms with E-state index in [9.17, 15) is 32.4 Å². The van der Waals surface area contributed by atoms with Crippen molar-refractivity contribution in [3.63, 3.8) is 0 Å². The molecule has 0 bridgehead atoms. The number of ketones is 1. The summed E-state index contributed by atoms with van der Waals surface area (Å²) in [5, 5.41) is 13.5. The Morgan fingerprint density at radius 1 is 0.659 bits per heavy atom. The van der Waals surface area contributed by atoms with E-state index in [1.54, 1.807) is 30.3 Å². The van der Waals surface area contributed by atoms with Gasteiger partial charge in [-0.05, 0) is 11.5 Å². The molecule has 11 heteroatoms. The van der Waals surface area contributed by atoms with Crippen LogP contribution in [0.3, 0.4) is 0 Å². The molecule has 1 heterocycles. The normalized spacial score (nSPS) is 11.1. The van der Waals surface area contributed by atoms with Crippen LogP contribution >= 0.6 is 7.14 Å². The third kappa shape index (κ3) is 6.95. The molecule has 0 aliphatic carbocycles. The number of hydrogen-bond donors (Lipinski definition) is 1. The third-order valence-corrected chi connectivity index (χ3v) is 9.69. The molecule has 0 aliphatic rings. The summed E-state index contributed by atoms with van der Waals surface area (Å²) in [6.45, 7) is 0. The Kier molecular flexibility index (Phi) is 11.6. The fourth-order valence-corrected chi connectivity index (χ4v) is 7.29. The molecule has 6 aromatic rings. The Bertz CT molecular complexity index is 1890. The minimum absolute atomic E-state index is 0. The molecule has 225 valence electrons. The Balaban J connectivity index is 0.000000231. The maximum absolute atomic E-state index is 13.8. The van der Waals surface area contributed by atoms with Crippen molar-refractivity contribution in [3.05, 3.63) is 143 Å². The molecule has 0 aliphatic heterocycles. The Hall–Kier alpha value is -3.40. The molecule has 0 saturated carbocycles. The molecule has 0 unspecified atom stereocenters. The van der Waals surface area contributed by atoms with Crippen LogP contribution in [-0.2, 0) is 4.57 Å². The van der Waals surface area contributed by atoms with Crippen molar-refractivity contribution in [3.8, 4) is 5.75 Å². The second-order valence-electron chi connectivity index (χ2n) is 9.22. The molecule has 0 amide bonds. The standard InChI is InChI=1S/C18H15OP.C15H7F3O4.Eu.H2O/c19-20(16-10-4-1-5-11-16,17-12-6-2-7-13-17)18-14-8-3-9-15-18;16-15(17,18)13(20)10-11(19)9-6-5-7-3-1-2-4-8(7)12(9)22-14(10)21;;/h1-15H;1-6,19H;;1H2. The number of halogens is 3. The van der Waals surface area contributed by atoms with Gasteiger partial charge < -0.3 is 19.6 Å². The van der Waals surface area contributed by atoms with Crippen LogP contribution in [0.4, 0.5) is 13.2 Å². The smallest absolute Gasteiger partial charge is 0.455 e. The summed E-state index contributed by atoms with van der Waals surface area (Å²) in [5.41, 5.74) is -3.00. The van der Waals surface area contributed by atoms with Gasteiger partial charge >= 0.3 is 11.8 Å². The van der Waals surface area contributed by atoms with E-state index < -0.39 is 36.0 Å². The quantitative estimate of drug-likeness (QED) is 0.104. The molecule has 6 nitrogen and oxygen atoms in total. The molecule has 0 atom stereocenters. The van der Waals surface area contributed by atoms with E-state index in [0.717, 1.165) is 15.9 Å². The molecule has 1 aromatic heterocycles. The molecule has 3 N–H and O–H groups in total. The number of hydrogen-bond acceptors (Lipinski definition) is 5. The second kappa shape index (κ2) is 14.6. The van der Waals surface area contributed by atoms with E-state index in [1.165, 1.54) is 6.07 Å². The fourth-order valence-electron chi connectivity index (χ4n) is 4.62. The summed E-state index contributed by atoms with van der Waals surface area (Å²) in [6.07, 6.45) is -5.28. The fraction of sp³-hybridized carbons (Fsp3) is 0.0303. The summed E-state index contributed by atoms with van der Waals surface area (Å²) in [4.78, 5) is 23.0. The first-order chi connectivity index (χ1) is 20.1. The van der Waals surface area contributed by atoms with E-state index in [-0.39, 0.29) is 65.8 Å². The van der Waals surface area contributed by atoms with E-state index in [4.69, 9.17) is 4.42 Å². The second-order valence-corrected chi connectivity index (χ2v) is 12.0. The molecular weight excluding hydrogens is 732 g/mol. The zero-order valence-corrected chi connectivity index (χ0v) is 26.0. The first-order valence-corrected chi connectivity index (χ1v) is 14.4. The van der Waals surface area contributed by atoms with Crippen molar-refractivity contribution in [2.45, 2.75) is 6.18 Å². The van der Waals surface area contributed by atoms with Crippen LogP contribution in [0.2, 0.25) is 0 Å². The predicted octanol–water partition coefficient (Wildman–Crippen LogP) is 5.90. The Morgan fingerprint density at radius 3 is 1.55 bits per heavy atom. The van der Waals surface area contributed by atoms with E-state index >= 15 is 0 Å². The number of carbonyl (C=O) groups excluding carboxylic acids is 1. The topological polar surface area (TPSA) is 116 Å². The average molecular weight is 756 g/mol. The summed E-state index contributed by atoms with van der Waals surface area (Å²) in [7, 11) is -2.78. The van der Waals surface area contributed by atoms with Gasteiger partial charge in [-0.3, -0.25) is 4.79 Å². The van der Waals surface area contributed by atoms with Gasteiger partial charge in [0.2, 0.25) is 0 Å². The summed E-state index contributed by atoms with van der Waals surface area (Å²) < 4.78 is 56.2. The molecule has 6 rings (SSSR count). The number of Topliss-reactive ketones (excluding diaryl/α,β-unsaturated/α-hetero) is 1. The summed E-state index contributed by atoms with van der Waals surface area (Å²) in [5.74, 6) is -3.46. The zero-order valence-electron chi connectivity index (χ0n) is 22.7. The largest absolute Gasteiger partial charge is 0.506 e. The van der Waals surface area contributed by atoms with Crippen molar-refractivity contribution in [1.82, 2.24) is 0 Å². The van der Waals surface area contributed by atoms with Crippen LogP contribution in [0.1, 0.15) is 10.4 Å². The minimum atomic E-state index is -5.28. The van der Waals surface area contributed by atoms with Crippen molar-refractivity contribution in [2.24, 2.45) is 0 Å².